The van der Waals surface area contributed by atoms with Crippen LogP contribution < -0.4 is 0 Å². The Morgan fingerprint density at radius 3 is 3.00 bits per heavy atom. The van der Waals surface area contributed by atoms with Gasteiger partial charge in [0, 0.05) is 0 Å². The first-order valence-electron chi connectivity index (χ1n) is 4.58. The van der Waals surface area contributed by atoms with E-state index in [-0.39, 0.29) is 0 Å². The van der Waals surface area contributed by atoms with Crippen LogP contribution >= 0.6 is 0 Å². The highest BCUT2D eigenvalue weighted by atomic mass is 15.5. The lowest BCUT2D eigenvalue weighted by molar-refractivity contribution is 0.263. The molecule has 1 heterocycles. The fraction of sp³-hybridized carbons (Fsp3) is 0.875. The minimum atomic E-state index is 0.545. The second-order valence-electron chi connectivity index (χ2n) is 3.72. The van der Waals surface area contributed by atoms with Crippen molar-refractivity contribution in [2.75, 3.05) is 0 Å². The molecule has 0 aromatic carbocycles. The van der Waals surface area contributed by atoms with Crippen molar-refractivity contribution in [2.24, 2.45) is 5.92 Å². The summed E-state index contributed by atoms with van der Waals surface area (Å²) in [6, 6.07) is 0.545. The Morgan fingerprint density at radius 2 is 2.33 bits per heavy atom. The summed E-state index contributed by atoms with van der Waals surface area (Å²) >= 11 is 0. The van der Waals surface area contributed by atoms with Gasteiger partial charge in [0.15, 0.2) is 0 Å². The SMILES string of the molecule is CC1CCCC(n2cnnn2)C1. The molecule has 2 atom stereocenters. The Labute approximate surface area is 72.0 Å². The lowest BCUT2D eigenvalue weighted by Gasteiger charge is -2.25. The zero-order chi connectivity index (χ0) is 8.39. The van der Waals surface area contributed by atoms with Crippen molar-refractivity contribution in [3.8, 4) is 0 Å². The average Bonchev–Trinajstić information content (AvgIpc) is 2.56. The van der Waals surface area contributed by atoms with Gasteiger partial charge < -0.3 is 0 Å². The highest BCUT2D eigenvalue weighted by molar-refractivity contribution is 4.74. The molecule has 1 fully saturated rings. The Balaban J connectivity index is 2.04. The van der Waals surface area contributed by atoms with Gasteiger partial charge in [-0.3, -0.25) is 0 Å². The smallest absolute Gasteiger partial charge is 0.138 e. The third-order valence-electron chi connectivity index (χ3n) is 2.65. The number of nitrogens with zero attached hydrogens (tertiary/aromatic N) is 4. The maximum absolute atomic E-state index is 3.93. The van der Waals surface area contributed by atoms with Gasteiger partial charge in [0.05, 0.1) is 6.04 Å². The second kappa shape index (κ2) is 3.21. The highest BCUT2D eigenvalue weighted by Crippen LogP contribution is 2.30. The van der Waals surface area contributed by atoms with Gasteiger partial charge in [0.1, 0.15) is 6.33 Å². The van der Waals surface area contributed by atoms with Crippen molar-refractivity contribution in [3.05, 3.63) is 6.33 Å². The quantitative estimate of drug-likeness (QED) is 0.633. The third kappa shape index (κ3) is 1.47. The average molecular weight is 166 g/mol. The van der Waals surface area contributed by atoms with E-state index in [0.29, 0.717) is 6.04 Å². The van der Waals surface area contributed by atoms with Gasteiger partial charge in [-0.05, 0) is 29.2 Å². The summed E-state index contributed by atoms with van der Waals surface area (Å²) in [7, 11) is 0. The van der Waals surface area contributed by atoms with Crippen molar-refractivity contribution in [2.45, 2.75) is 38.6 Å². The van der Waals surface area contributed by atoms with Gasteiger partial charge in [0.2, 0.25) is 0 Å². The zero-order valence-electron chi connectivity index (χ0n) is 7.35. The van der Waals surface area contributed by atoms with Gasteiger partial charge in [-0.2, -0.15) is 0 Å². The molecule has 2 rings (SSSR count). The molecule has 0 spiro atoms. The van der Waals surface area contributed by atoms with Crippen LogP contribution in [-0.4, -0.2) is 20.2 Å². The monoisotopic (exact) mass is 166 g/mol. The third-order valence-corrected chi connectivity index (χ3v) is 2.65. The first kappa shape index (κ1) is 7.71. The van der Waals surface area contributed by atoms with E-state index in [2.05, 4.69) is 22.4 Å². The largest absolute Gasteiger partial charge is 0.229 e. The maximum Gasteiger partial charge on any atom is 0.138 e. The molecule has 1 aliphatic rings. The molecular formula is C8H14N4. The molecule has 1 aliphatic carbocycles. The molecule has 1 saturated carbocycles. The lowest BCUT2D eigenvalue weighted by atomic mass is 9.87. The molecule has 0 saturated heterocycles. The summed E-state index contributed by atoms with van der Waals surface area (Å²) in [5.74, 6) is 0.827. The van der Waals surface area contributed by atoms with E-state index < -0.39 is 0 Å². The summed E-state index contributed by atoms with van der Waals surface area (Å²) in [5, 5.41) is 11.2. The minimum absolute atomic E-state index is 0.545. The normalized spacial score (nSPS) is 30.4. The van der Waals surface area contributed by atoms with E-state index >= 15 is 0 Å². The van der Waals surface area contributed by atoms with Crippen molar-refractivity contribution in [1.29, 1.82) is 0 Å². The number of rotatable bonds is 1. The van der Waals surface area contributed by atoms with Crippen LogP contribution in [0.25, 0.3) is 0 Å². The second-order valence-corrected chi connectivity index (χ2v) is 3.72. The Kier molecular flexibility index (Phi) is 2.06. The molecule has 0 aliphatic heterocycles. The molecule has 0 radical (unpaired) electrons. The van der Waals surface area contributed by atoms with E-state index in [1.807, 2.05) is 4.68 Å². The van der Waals surface area contributed by atoms with Crippen LogP contribution in [0.15, 0.2) is 6.33 Å². The van der Waals surface area contributed by atoms with E-state index in [0.717, 1.165) is 5.92 Å². The van der Waals surface area contributed by atoms with Crippen LogP contribution in [0.4, 0.5) is 0 Å². The van der Waals surface area contributed by atoms with Gasteiger partial charge in [-0.25, -0.2) is 4.68 Å². The zero-order valence-corrected chi connectivity index (χ0v) is 7.35. The number of aromatic nitrogens is 4. The van der Waals surface area contributed by atoms with E-state index in [9.17, 15) is 0 Å². The summed E-state index contributed by atoms with van der Waals surface area (Å²) in [4.78, 5) is 0. The van der Waals surface area contributed by atoms with Crippen LogP contribution in [0, 0.1) is 5.92 Å². The summed E-state index contributed by atoms with van der Waals surface area (Å²) in [6.07, 6.45) is 6.85. The van der Waals surface area contributed by atoms with Crippen LogP contribution in [0.5, 0.6) is 0 Å². The number of hydrogen-bond donors (Lipinski definition) is 0. The maximum atomic E-state index is 3.93. The van der Waals surface area contributed by atoms with Crippen LogP contribution in [0.1, 0.15) is 38.6 Å². The van der Waals surface area contributed by atoms with E-state index in [1.54, 1.807) is 6.33 Å². The molecule has 0 amide bonds. The minimum Gasteiger partial charge on any atom is -0.229 e. The molecule has 12 heavy (non-hydrogen) atoms. The molecule has 0 N–H and O–H groups in total. The van der Waals surface area contributed by atoms with Gasteiger partial charge in [0.25, 0.3) is 0 Å². The van der Waals surface area contributed by atoms with Crippen molar-refractivity contribution >= 4 is 0 Å². The predicted octanol–water partition coefficient (Wildman–Crippen LogP) is 1.42. The first-order valence-corrected chi connectivity index (χ1v) is 4.58. The molecule has 1 aromatic heterocycles. The molecule has 4 heteroatoms. The van der Waals surface area contributed by atoms with Crippen molar-refractivity contribution < 1.29 is 0 Å². The standard InChI is InChI=1S/C8H14N4/c1-7-3-2-4-8(5-7)12-6-9-10-11-12/h6-8H,2-5H2,1H3. The molecule has 0 bridgehead atoms. The number of tetrazole rings is 1. The fourth-order valence-electron chi connectivity index (χ4n) is 1.98. The van der Waals surface area contributed by atoms with Gasteiger partial charge >= 0.3 is 0 Å². The fourth-order valence-corrected chi connectivity index (χ4v) is 1.98. The van der Waals surface area contributed by atoms with E-state index in [4.69, 9.17) is 0 Å². The molecular weight excluding hydrogens is 152 g/mol. The predicted molar refractivity (Wildman–Crippen MR) is 44.5 cm³/mol. The van der Waals surface area contributed by atoms with Gasteiger partial charge in [-0.1, -0.05) is 19.8 Å². The van der Waals surface area contributed by atoms with Crippen LogP contribution in [0.2, 0.25) is 0 Å². The highest BCUT2D eigenvalue weighted by Gasteiger charge is 2.20. The Morgan fingerprint density at radius 1 is 1.42 bits per heavy atom. The van der Waals surface area contributed by atoms with Crippen LogP contribution in [0.3, 0.4) is 0 Å². The molecule has 66 valence electrons. The molecule has 1 aromatic rings. The summed E-state index contributed by atoms with van der Waals surface area (Å²) < 4.78 is 1.90. The summed E-state index contributed by atoms with van der Waals surface area (Å²) in [5.41, 5.74) is 0. The lowest BCUT2D eigenvalue weighted by Crippen LogP contribution is -2.18. The Bertz CT molecular complexity index is 231. The first-order chi connectivity index (χ1) is 5.86. The Hall–Kier alpha value is -0.930. The van der Waals surface area contributed by atoms with Crippen molar-refractivity contribution in [3.63, 3.8) is 0 Å². The van der Waals surface area contributed by atoms with E-state index in [1.165, 1.54) is 25.7 Å². The van der Waals surface area contributed by atoms with Crippen LogP contribution in [-0.2, 0) is 0 Å². The number of hydrogen-bond acceptors (Lipinski definition) is 3. The molecule has 4 nitrogen and oxygen atoms in total. The van der Waals surface area contributed by atoms with Crippen molar-refractivity contribution in [1.82, 2.24) is 20.2 Å². The summed E-state index contributed by atoms with van der Waals surface area (Å²) in [6.45, 7) is 2.30. The molecule has 2 unspecified atom stereocenters. The topological polar surface area (TPSA) is 43.6 Å². The van der Waals surface area contributed by atoms with Gasteiger partial charge in [-0.15, -0.1) is 5.10 Å².